The molecule has 2 heterocycles. The van der Waals surface area contributed by atoms with Crippen LogP contribution in [0.15, 0.2) is 17.1 Å². The highest BCUT2D eigenvalue weighted by Crippen LogP contribution is 2.16. The van der Waals surface area contributed by atoms with Crippen LogP contribution in [0, 0.1) is 6.92 Å². The molecule has 2 N–H and O–H groups in total. The van der Waals surface area contributed by atoms with Gasteiger partial charge in [-0.05, 0) is 25.5 Å². The zero-order chi connectivity index (χ0) is 17.4. The second kappa shape index (κ2) is 11.4. The highest BCUT2D eigenvalue weighted by atomic mass is 127. The van der Waals surface area contributed by atoms with Crippen molar-refractivity contribution >= 4 is 41.3 Å². The van der Waals surface area contributed by atoms with Crippen LogP contribution in [0.5, 0.6) is 0 Å². The third-order valence-corrected chi connectivity index (χ3v) is 4.89. The van der Waals surface area contributed by atoms with Crippen molar-refractivity contribution in [2.75, 3.05) is 20.3 Å². The number of rotatable bonds is 8. The molecule has 0 saturated heterocycles. The molecule has 0 aliphatic carbocycles. The topological polar surface area (TPSA) is 76.4 Å². The number of hydrogen-bond donors (Lipinski definition) is 2. The second-order valence-corrected chi connectivity index (χ2v) is 6.63. The predicted molar refractivity (Wildman–Crippen MR) is 113 cm³/mol. The van der Waals surface area contributed by atoms with Crippen LogP contribution >= 0.6 is 35.3 Å². The van der Waals surface area contributed by atoms with Crippen molar-refractivity contribution in [2.24, 2.45) is 12.0 Å². The van der Waals surface area contributed by atoms with Gasteiger partial charge < -0.3 is 19.9 Å². The summed E-state index contributed by atoms with van der Waals surface area (Å²) in [6.45, 7) is 6.66. The van der Waals surface area contributed by atoms with E-state index in [4.69, 9.17) is 4.74 Å². The van der Waals surface area contributed by atoms with Gasteiger partial charge in [-0.3, -0.25) is 0 Å². The summed E-state index contributed by atoms with van der Waals surface area (Å²) in [5.41, 5.74) is 0. The van der Waals surface area contributed by atoms with Gasteiger partial charge in [-0.25, -0.2) is 4.99 Å². The summed E-state index contributed by atoms with van der Waals surface area (Å²) in [4.78, 5) is 7.29. The standard InChI is InChI=1S/C16H26N6OS.HI/c1-5-13-6-7-14(24-13)10-18-16(17-8-9-23-4)19-11-15-21-20-12(2)22(15)3;/h6-7H,5,8-11H2,1-4H3,(H2,17,18,19);1H. The van der Waals surface area contributed by atoms with E-state index >= 15 is 0 Å². The lowest BCUT2D eigenvalue weighted by Gasteiger charge is -2.11. The molecule has 140 valence electrons. The maximum Gasteiger partial charge on any atom is 0.192 e. The number of thiophene rings is 1. The Bertz CT molecular complexity index is 669. The number of methoxy groups -OCH3 is 1. The number of halogens is 1. The Balaban J connectivity index is 0.00000312. The van der Waals surface area contributed by atoms with Gasteiger partial charge in [-0.2, -0.15) is 0 Å². The average Bonchev–Trinajstić information content (AvgIpc) is 3.18. The molecule has 2 aromatic rings. The third-order valence-electron chi connectivity index (χ3n) is 3.66. The second-order valence-electron chi connectivity index (χ2n) is 5.38. The van der Waals surface area contributed by atoms with E-state index in [9.17, 15) is 0 Å². The Labute approximate surface area is 170 Å². The van der Waals surface area contributed by atoms with E-state index in [0.717, 1.165) is 30.6 Å². The fourth-order valence-corrected chi connectivity index (χ4v) is 2.96. The lowest BCUT2D eigenvalue weighted by atomic mass is 10.4. The van der Waals surface area contributed by atoms with Gasteiger partial charge in [-0.1, -0.05) is 6.92 Å². The first-order valence-corrected chi connectivity index (χ1v) is 8.89. The van der Waals surface area contributed by atoms with Gasteiger partial charge in [0.05, 0.1) is 13.2 Å². The molecule has 7 nitrogen and oxygen atoms in total. The van der Waals surface area contributed by atoms with Crippen molar-refractivity contribution in [3.8, 4) is 0 Å². The van der Waals surface area contributed by atoms with E-state index in [1.807, 2.05) is 29.9 Å². The van der Waals surface area contributed by atoms with Crippen LogP contribution in [-0.4, -0.2) is 41.0 Å². The van der Waals surface area contributed by atoms with Crippen molar-refractivity contribution in [1.29, 1.82) is 0 Å². The maximum absolute atomic E-state index is 5.09. The highest BCUT2D eigenvalue weighted by molar-refractivity contribution is 14.0. The molecule has 0 saturated carbocycles. The number of nitrogens with one attached hydrogen (secondary N) is 2. The SMILES string of the molecule is CCc1ccc(CNC(=NCc2nnc(C)n2C)NCCOC)s1.I. The quantitative estimate of drug-likeness (QED) is 0.264. The lowest BCUT2D eigenvalue weighted by Crippen LogP contribution is -2.38. The zero-order valence-electron chi connectivity index (χ0n) is 15.2. The Morgan fingerprint density at radius 1 is 1.28 bits per heavy atom. The number of aryl methyl sites for hydroxylation is 2. The molecule has 25 heavy (non-hydrogen) atoms. The molecule has 2 aromatic heterocycles. The van der Waals surface area contributed by atoms with Crippen LogP contribution in [0.4, 0.5) is 0 Å². The monoisotopic (exact) mass is 478 g/mol. The Hall–Kier alpha value is -1.20. The highest BCUT2D eigenvalue weighted by Gasteiger charge is 2.06. The zero-order valence-corrected chi connectivity index (χ0v) is 18.4. The smallest absolute Gasteiger partial charge is 0.192 e. The Morgan fingerprint density at radius 2 is 2.04 bits per heavy atom. The van der Waals surface area contributed by atoms with Crippen molar-refractivity contribution < 1.29 is 4.74 Å². The summed E-state index contributed by atoms with van der Waals surface area (Å²) in [6, 6.07) is 4.34. The predicted octanol–water partition coefficient (Wildman–Crippen LogP) is 2.25. The third kappa shape index (κ3) is 6.90. The van der Waals surface area contributed by atoms with Crippen LogP contribution in [0.1, 0.15) is 28.3 Å². The number of hydrogen-bond acceptors (Lipinski definition) is 5. The van der Waals surface area contributed by atoms with Gasteiger partial charge in [0.2, 0.25) is 0 Å². The summed E-state index contributed by atoms with van der Waals surface area (Å²) in [7, 11) is 3.63. The molecule has 0 aliphatic rings. The van der Waals surface area contributed by atoms with Crippen LogP contribution in [-0.2, 0) is 31.3 Å². The van der Waals surface area contributed by atoms with Crippen molar-refractivity contribution in [3.63, 3.8) is 0 Å². The molecular weight excluding hydrogens is 451 g/mol. The molecule has 0 atom stereocenters. The van der Waals surface area contributed by atoms with E-state index in [2.05, 4.69) is 44.9 Å². The van der Waals surface area contributed by atoms with E-state index in [1.165, 1.54) is 9.75 Å². The van der Waals surface area contributed by atoms with Gasteiger partial charge in [0, 0.05) is 30.5 Å². The Morgan fingerprint density at radius 3 is 2.64 bits per heavy atom. The van der Waals surface area contributed by atoms with Crippen LogP contribution < -0.4 is 10.6 Å². The molecule has 0 aromatic carbocycles. The normalized spacial score (nSPS) is 11.3. The minimum absolute atomic E-state index is 0. The summed E-state index contributed by atoms with van der Waals surface area (Å²) < 4.78 is 7.04. The molecule has 0 bridgehead atoms. The van der Waals surface area contributed by atoms with Crippen LogP contribution in [0.2, 0.25) is 0 Å². The molecule has 9 heteroatoms. The fraction of sp³-hybridized carbons (Fsp3) is 0.562. The van der Waals surface area contributed by atoms with E-state index in [1.54, 1.807) is 7.11 Å². The molecular formula is C16H27IN6OS. The number of nitrogens with zero attached hydrogens (tertiary/aromatic N) is 4. The lowest BCUT2D eigenvalue weighted by molar-refractivity contribution is 0.203. The average molecular weight is 478 g/mol. The van der Waals surface area contributed by atoms with Gasteiger partial charge in [0.1, 0.15) is 12.4 Å². The van der Waals surface area contributed by atoms with Gasteiger partial charge >= 0.3 is 0 Å². The number of ether oxygens (including phenoxy) is 1. The van der Waals surface area contributed by atoms with Gasteiger partial charge in [-0.15, -0.1) is 45.5 Å². The number of aromatic nitrogens is 3. The first-order valence-electron chi connectivity index (χ1n) is 8.07. The van der Waals surface area contributed by atoms with Crippen LogP contribution in [0.3, 0.4) is 0 Å². The molecule has 2 rings (SSSR count). The van der Waals surface area contributed by atoms with Crippen LogP contribution in [0.25, 0.3) is 0 Å². The van der Waals surface area contributed by atoms with E-state index < -0.39 is 0 Å². The largest absolute Gasteiger partial charge is 0.383 e. The molecule has 0 spiro atoms. The summed E-state index contributed by atoms with van der Waals surface area (Å²) in [5.74, 6) is 2.47. The summed E-state index contributed by atoms with van der Waals surface area (Å²) in [6.07, 6.45) is 1.07. The minimum atomic E-state index is 0. The summed E-state index contributed by atoms with van der Waals surface area (Å²) >= 11 is 1.83. The first-order chi connectivity index (χ1) is 11.6. The van der Waals surface area contributed by atoms with Crippen molar-refractivity contribution in [2.45, 2.75) is 33.4 Å². The van der Waals surface area contributed by atoms with Gasteiger partial charge in [0.15, 0.2) is 11.8 Å². The van der Waals surface area contributed by atoms with E-state index in [-0.39, 0.29) is 24.0 Å². The molecule has 0 aliphatic heterocycles. The molecule has 0 amide bonds. The minimum Gasteiger partial charge on any atom is -0.383 e. The fourth-order valence-electron chi connectivity index (χ4n) is 2.06. The van der Waals surface area contributed by atoms with Gasteiger partial charge in [0.25, 0.3) is 0 Å². The van der Waals surface area contributed by atoms with Crippen molar-refractivity contribution in [1.82, 2.24) is 25.4 Å². The number of guanidine groups is 1. The number of aliphatic imine (C=N–C) groups is 1. The molecule has 0 fully saturated rings. The molecule has 0 radical (unpaired) electrons. The Kier molecular flexibility index (Phi) is 9.98. The maximum atomic E-state index is 5.09. The summed E-state index contributed by atoms with van der Waals surface area (Å²) in [5, 5.41) is 14.8. The van der Waals surface area contributed by atoms with Crippen molar-refractivity contribution in [3.05, 3.63) is 33.5 Å². The molecule has 0 unspecified atom stereocenters. The first kappa shape index (κ1) is 21.8. The van der Waals surface area contributed by atoms with E-state index in [0.29, 0.717) is 19.7 Å².